The third kappa shape index (κ3) is 4.76. The Morgan fingerprint density at radius 3 is 2.53 bits per heavy atom. The molecule has 0 unspecified atom stereocenters. The molecule has 0 amide bonds. The minimum atomic E-state index is -0.110. The molecule has 7 nitrogen and oxygen atoms in total. The van der Waals surface area contributed by atoms with Gasteiger partial charge in [-0.2, -0.15) is 0 Å². The maximum absolute atomic E-state index is 9.39. The summed E-state index contributed by atoms with van der Waals surface area (Å²) in [5.74, 6) is 2.41. The number of nitrogens with zero attached hydrogens (tertiary/aromatic N) is 5. The van der Waals surface area contributed by atoms with E-state index in [0.29, 0.717) is 46.0 Å². The van der Waals surface area contributed by atoms with Crippen molar-refractivity contribution in [1.29, 1.82) is 0 Å². The monoisotopic (exact) mass is 418 g/mol. The molecule has 0 aliphatic rings. The minimum Gasteiger partial charge on any atom is -0.392 e. The van der Waals surface area contributed by atoms with Crippen LogP contribution in [-0.2, 0) is 13.0 Å². The van der Waals surface area contributed by atoms with E-state index in [9.17, 15) is 5.11 Å². The summed E-state index contributed by atoms with van der Waals surface area (Å²) in [6.45, 7) is 1.82. The Morgan fingerprint density at radius 2 is 1.73 bits per heavy atom. The molecule has 2 N–H and O–H groups in total. The maximum atomic E-state index is 9.39. The normalized spacial score (nSPS) is 10.8. The Labute approximate surface area is 178 Å². The topological polar surface area (TPSA) is 96.7 Å². The fourth-order valence-corrected chi connectivity index (χ4v) is 3.12. The number of hydrogen-bond donors (Lipinski definition) is 2. The zero-order valence-electron chi connectivity index (χ0n) is 16.2. The third-order valence-corrected chi connectivity index (χ3v) is 4.75. The van der Waals surface area contributed by atoms with E-state index in [1.54, 1.807) is 30.6 Å². The van der Waals surface area contributed by atoms with Gasteiger partial charge in [-0.25, -0.2) is 24.9 Å². The average Bonchev–Trinajstić information content (AvgIpc) is 2.75. The van der Waals surface area contributed by atoms with E-state index in [1.165, 1.54) is 0 Å². The molecule has 0 fully saturated rings. The highest BCUT2D eigenvalue weighted by molar-refractivity contribution is 6.31. The summed E-state index contributed by atoms with van der Waals surface area (Å²) >= 11 is 6.06. The molecule has 0 aliphatic carbocycles. The predicted molar refractivity (Wildman–Crippen MR) is 115 cm³/mol. The van der Waals surface area contributed by atoms with Gasteiger partial charge < -0.3 is 10.4 Å². The fourth-order valence-electron chi connectivity index (χ4n) is 2.95. The highest BCUT2D eigenvalue weighted by Crippen LogP contribution is 2.20. The molecule has 3 aromatic heterocycles. The molecular formula is C22H19ClN6O. The summed E-state index contributed by atoms with van der Waals surface area (Å²) in [4.78, 5) is 22.2. The first-order chi connectivity index (χ1) is 14.6. The molecule has 0 saturated carbocycles. The van der Waals surface area contributed by atoms with Crippen LogP contribution in [0.4, 0.5) is 11.6 Å². The van der Waals surface area contributed by atoms with Crippen LogP contribution in [0.3, 0.4) is 0 Å². The number of aromatic nitrogens is 5. The van der Waals surface area contributed by atoms with Crippen molar-refractivity contribution in [2.24, 2.45) is 0 Å². The van der Waals surface area contributed by atoms with Crippen molar-refractivity contribution in [2.75, 3.05) is 5.32 Å². The van der Waals surface area contributed by atoms with Crippen LogP contribution in [0.15, 0.2) is 60.9 Å². The molecule has 150 valence electrons. The molecule has 8 heteroatoms. The van der Waals surface area contributed by atoms with Crippen LogP contribution in [0.5, 0.6) is 0 Å². The molecule has 30 heavy (non-hydrogen) atoms. The van der Waals surface area contributed by atoms with Gasteiger partial charge in [-0.3, -0.25) is 0 Å². The quantitative estimate of drug-likeness (QED) is 0.486. The molecule has 4 rings (SSSR count). The number of anilines is 2. The smallest absolute Gasteiger partial charge is 0.180 e. The number of rotatable bonds is 6. The highest BCUT2D eigenvalue weighted by Gasteiger charge is 2.08. The van der Waals surface area contributed by atoms with Crippen LogP contribution in [0.25, 0.3) is 11.5 Å². The van der Waals surface area contributed by atoms with Crippen molar-refractivity contribution in [2.45, 2.75) is 20.0 Å². The van der Waals surface area contributed by atoms with Gasteiger partial charge in [0.1, 0.15) is 23.2 Å². The molecule has 0 atom stereocenters. The number of benzene rings is 1. The number of aliphatic hydroxyl groups is 1. The van der Waals surface area contributed by atoms with Crippen LogP contribution >= 0.6 is 11.6 Å². The Hall–Kier alpha value is -3.42. The number of halogens is 1. The Bertz CT molecular complexity index is 1180. The third-order valence-electron chi connectivity index (χ3n) is 4.38. The Kier molecular flexibility index (Phi) is 5.92. The van der Waals surface area contributed by atoms with E-state index in [4.69, 9.17) is 11.6 Å². The lowest BCUT2D eigenvalue weighted by molar-refractivity contribution is 0.282. The second kappa shape index (κ2) is 8.94. The molecule has 0 aliphatic heterocycles. The zero-order valence-corrected chi connectivity index (χ0v) is 17.0. The number of nitrogens with one attached hydrogen (secondary N) is 1. The van der Waals surface area contributed by atoms with Crippen molar-refractivity contribution in [1.82, 2.24) is 24.9 Å². The SMILES string of the molecule is Cc1cccc(-c2nccc(Nc3ccnc(Cc4ccc(Cl)c(CO)c4)n3)n2)n1. The second-order valence-electron chi connectivity index (χ2n) is 6.67. The molecular weight excluding hydrogens is 400 g/mol. The fraction of sp³-hybridized carbons (Fsp3) is 0.136. The largest absolute Gasteiger partial charge is 0.392 e. The summed E-state index contributed by atoms with van der Waals surface area (Å²) < 4.78 is 0. The van der Waals surface area contributed by atoms with Crippen LogP contribution in [0.2, 0.25) is 5.02 Å². The van der Waals surface area contributed by atoms with Crippen LogP contribution < -0.4 is 5.32 Å². The number of aryl methyl sites for hydroxylation is 1. The second-order valence-corrected chi connectivity index (χ2v) is 7.08. The molecule has 0 radical (unpaired) electrons. The van der Waals surface area contributed by atoms with Gasteiger partial charge in [0.2, 0.25) is 0 Å². The Balaban J connectivity index is 1.53. The maximum Gasteiger partial charge on any atom is 0.180 e. The Morgan fingerprint density at radius 1 is 0.933 bits per heavy atom. The van der Waals surface area contributed by atoms with Crippen LogP contribution in [0.1, 0.15) is 22.6 Å². The summed E-state index contributed by atoms with van der Waals surface area (Å²) in [5, 5.41) is 13.1. The van der Waals surface area contributed by atoms with E-state index in [1.807, 2.05) is 37.3 Å². The average molecular weight is 419 g/mol. The number of aliphatic hydroxyl groups excluding tert-OH is 1. The van der Waals surface area contributed by atoms with Gasteiger partial charge in [-0.1, -0.05) is 29.8 Å². The van der Waals surface area contributed by atoms with Crippen LogP contribution in [-0.4, -0.2) is 30.0 Å². The summed E-state index contributed by atoms with van der Waals surface area (Å²) in [6, 6.07) is 14.8. The highest BCUT2D eigenvalue weighted by atomic mass is 35.5. The number of pyridine rings is 1. The zero-order chi connectivity index (χ0) is 20.9. The minimum absolute atomic E-state index is 0.110. The lowest BCUT2D eigenvalue weighted by Crippen LogP contribution is -2.03. The van der Waals surface area contributed by atoms with Crippen molar-refractivity contribution in [3.63, 3.8) is 0 Å². The van der Waals surface area contributed by atoms with E-state index >= 15 is 0 Å². The molecule has 4 aromatic rings. The van der Waals surface area contributed by atoms with Crippen molar-refractivity contribution in [3.05, 3.63) is 88.6 Å². The van der Waals surface area contributed by atoms with Crippen molar-refractivity contribution in [3.8, 4) is 11.5 Å². The van der Waals surface area contributed by atoms with Gasteiger partial charge in [0.05, 0.1) is 6.61 Å². The van der Waals surface area contributed by atoms with Crippen LogP contribution in [0, 0.1) is 6.92 Å². The van der Waals surface area contributed by atoms with E-state index < -0.39 is 0 Å². The van der Waals surface area contributed by atoms with Gasteiger partial charge >= 0.3 is 0 Å². The van der Waals surface area contributed by atoms with E-state index in [0.717, 1.165) is 11.3 Å². The lowest BCUT2D eigenvalue weighted by atomic mass is 10.1. The molecule has 0 saturated heterocycles. The van der Waals surface area contributed by atoms with Crippen molar-refractivity contribution >= 4 is 23.2 Å². The molecule has 0 spiro atoms. The van der Waals surface area contributed by atoms with Gasteiger partial charge in [0, 0.05) is 29.5 Å². The predicted octanol–water partition coefficient (Wildman–Crippen LogP) is 4.12. The van der Waals surface area contributed by atoms with E-state index in [2.05, 4.69) is 30.2 Å². The molecule has 0 bridgehead atoms. The summed E-state index contributed by atoms with van der Waals surface area (Å²) in [5.41, 5.74) is 3.27. The summed E-state index contributed by atoms with van der Waals surface area (Å²) in [7, 11) is 0. The van der Waals surface area contributed by atoms with Gasteiger partial charge in [0.25, 0.3) is 0 Å². The first-order valence-electron chi connectivity index (χ1n) is 9.35. The number of hydrogen-bond acceptors (Lipinski definition) is 7. The van der Waals surface area contributed by atoms with Gasteiger partial charge in [0.15, 0.2) is 5.82 Å². The summed E-state index contributed by atoms with van der Waals surface area (Å²) in [6.07, 6.45) is 3.89. The van der Waals surface area contributed by atoms with Crippen molar-refractivity contribution < 1.29 is 5.11 Å². The van der Waals surface area contributed by atoms with Gasteiger partial charge in [-0.05, 0) is 48.4 Å². The lowest BCUT2D eigenvalue weighted by Gasteiger charge is -2.08. The molecule has 3 heterocycles. The van der Waals surface area contributed by atoms with Gasteiger partial charge in [-0.15, -0.1) is 0 Å². The molecule has 1 aromatic carbocycles. The van der Waals surface area contributed by atoms with E-state index in [-0.39, 0.29) is 6.61 Å². The first kappa shape index (κ1) is 19.9. The first-order valence-corrected chi connectivity index (χ1v) is 9.73. The standard InChI is InChI=1S/C22H19ClN6O/c1-14-3-2-4-18(26-14)22-25-10-8-20(29-22)27-19-7-9-24-21(28-19)12-15-5-6-17(23)16(11-15)13-30/h2-11,30H,12-13H2,1H3,(H,24,25,27,28,29).